The van der Waals surface area contributed by atoms with E-state index in [0.717, 1.165) is 5.56 Å². The SMILES string of the molecule is Cc1ccc(N)c(C(=O)N(C)Cc2c(F)cccc2Cl)c1. The fourth-order valence-electron chi connectivity index (χ4n) is 2.05. The summed E-state index contributed by atoms with van der Waals surface area (Å²) in [6, 6.07) is 9.69. The molecule has 0 atom stereocenters. The van der Waals surface area contributed by atoms with Crippen molar-refractivity contribution in [2.24, 2.45) is 0 Å². The van der Waals surface area contributed by atoms with Crippen LogP contribution in [0.15, 0.2) is 36.4 Å². The van der Waals surface area contributed by atoms with Gasteiger partial charge in [-0.25, -0.2) is 4.39 Å². The maximum atomic E-state index is 13.8. The molecule has 1 amide bonds. The van der Waals surface area contributed by atoms with Crippen molar-refractivity contribution < 1.29 is 9.18 Å². The van der Waals surface area contributed by atoms with E-state index in [1.54, 1.807) is 25.2 Å². The molecule has 0 heterocycles. The van der Waals surface area contributed by atoms with Crippen LogP contribution in [-0.2, 0) is 6.54 Å². The summed E-state index contributed by atoms with van der Waals surface area (Å²) in [6.07, 6.45) is 0. The number of nitrogens with two attached hydrogens (primary N) is 1. The molecule has 0 aliphatic rings. The second kappa shape index (κ2) is 6.14. The largest absolute Gasteiger partial charge is 0.398 e. The summed E-state index contributed by atoms with van der Waals surface area (Å²) < 4.78 is 13.8. The number of aryl methyl sites for hydroxylation is 1. The standard InChI is InChI=1S/C16H16ClFN2O/c1-10-6-7-15(19)11(8-10)16(21)20(2)9-12-13(17)4-3-5-14(12)18/h3-8H,9,19H2,1-2H3. The second-order valence-electron chi connectivity index (χ2n) is 4.95. The number of carbonyl (C=O) groups is 1. The van der Waals surface area contributed by atoms with Crippen LogP contribution in [0, 0.1) is 12.7 Å². The molecule has 0 saturated carbocycles. The lowest BCUT2D eigenvalue weighted by Crippen LogP contribution is -2.27. The molecule has 3 nitrogen and oxygen atoms in total. The van der Waals surface area contributed by atoms with Crippen LogP contribution in [0.3, 0.4) is 0 Å². The highest BCUT2D eigenvalue weighted by molar-refractivity contribution is 6.31. The van der Waals surface area contributed by atoms with E-state index in [-0.39, 0.29) is 12.5 Å². The molecule has 0 aliphatic carbocycles. The van der Waals surface area contributed by atoms with Crippen LogP contribution in [0.1, 0.15) is 21.5 Å². The van der Waals surface area contributed by atoms with Gasteiger partial charge in [-0.1, -0.05) is 29.3 Å². The fraction of sp³-hybridized carbons (Fsp3) is 0.188. The number of rotatable bonds is 3. The maximum Gasteiger partial charge on any atom is 0.255 e. The molecular weight excluding hydrogens is 291 g/mol. The average Bonchev–Trinajstić information content (AvgIpc) is 2.44. The average molecular weight is 307 g/mol. The van der Waals surface area contributed by atoms with Crippen LogP contribution in [0.5, 0.6) is 0 Å². The number of nitrogens with zero attached hydrogens (tertiary/aromatic N) is 1. The minimum atomic E-state index is -0.431. The Morgan fingerprint density at radius 2 is 2.05 bits per heavy atom. The number of hydrogen-bond donors (Lipinski definition) is 1. The van der Waals surface area contributed by atoms with Crippen molar-refractivity contribution in [2.75, 3.05) is 12.8 Å². The van der Waals surface area contributed by atoms with Crippen molar-refractivity contribution >= 4 is 23.2 Å². The molecule has 0 spiro atoms. The van der Waals surface area contributed by atoms with Crippen molar-refractivity contribution in [3.8, 4) is 0 Å². The van der Waals surface area contributed by atoms with Gasteiger partial charge in [0.15, 0.2) is 0 Å². The Morgan fingerprint density at radius 1 is 1.33 bits per heavy atom. The predicted molar refractivity (Wildman–Crippen MR) is 82.8 cm³/mol. The van der Waals surface area contributed by atoms with Crippen LogP contribution in [-0.4, -0.2) is 17.9 Å². The van der Waals surface area contributed by atoms with Crippen molar-refractivity contribution in [1.29, 1.82) is 0 Å². The molecule has 0 aliphatic heterocycles. The first kappa shape index (κ1) is 15.3. The highest BCUT2D eigenvalue weighted by atomic mass is 35.5. The number of hydrogen-bond acceptors (Lipinski definition) is 2. The summed E-state index contributed by atoms with van der Waals surface area (Å²) in [5.74, 6) is -0.699. The maximum absolute atomic E-state index is 13.8. The molecule has 0 aromatic heterocycles. The first-order valence-electron chi connectivity index (χ1n) is 6.44. The summed E-state index contributed by atoms with van der Waals surface area (Å²) >= 11 is 5.98. The Bertz CT molecular complexity index is 668. The predicted octanol–water partition coefficient (Wildman–Crippen LogP) is 3.64. The Morgan fingerprint density at radius 3 is 2.71 bits per heavy atom. The van der Waals surface area contributed by atoms with E-state index in [9.17, 15) is 9.18 Å². The van der Waals surface area contributed by atoms with Crippen LogP contribution in [0.2, 0.25) is 5.02 Å². The van der Waals surface area contributed by atoms with E-state index < -0.39 is 5.82 Å². The van der Waals surface area contributed by atoms with Crippen LogP contribution in [0.25, 0.3) is 0 Å². The van der Waals surface area contributed by atoms with Crippen LogP contribution in [0.4, 0.5) is 10.1 Å². The first-order valence-corrected chi connectivity index (χ1v) is 6.82. The molecule has 0 bridgehead atoms. The van der Waals surface area contributed by atoms with E-state index in [1.165, 1.54) is 17.0 Å². The molecule has 2 aromatic carbocycles. The van der Waals surface area contributed by atoms with Gasteiger partial charge in [0, 0.05) is 29.9 Å². The molecule has 2 N–H and O–H groups in total. The minimum absolute atomic E-state index is 0.0811. The number of amides is 1. The number of anilines is 1. The Hall–Kier alpha value is -2.07. The molecule has 110 valence electrons. The van der Waals surface area contributed by atoms with Gasteiger partial charge in [-0.05, 0) is 31.2 Å². The number of carbonyl (C=O) groups excluding carboxylic acids is 1. The quantitative estimate of drug-likeness (QED) is 0.880. The summed E-state index contributed by atoms with van der Waals surface area (Å²) in [5.41, 5.74) is 7.87. The highest BCUT2D eigenvalue weighted by Crippen LogP contribution is 2.22. The third-order valence-corrected chi connectivity index (χ3v) is 3.60. The molecule has 0 unspecified atom stereocenters. The zero-order chi connectivity index (χ0) is 15.6. The zero-order valence-corrected chi connectivity index (χ0v) is 12.6. The van der Waals surface area contributed by atoms with E-state index in [0.29, 0.717) is 21.8 Å². The lowest BCUT2D eigenvalue weighted by atomic mass is 10.1. The fourth-order valence-corrected chi connectivity index (χ4v) is 2.28. The van der Waals surface area contributed by atoms with Gasteiger partial charge < -0.3 is 10.6 Å². The van der Waals surface area contributed by atoms with Crippen LogP contribution < -0.4 is 5.73 Å². The van der Waals surface area contributed by atoms with E-state index in [4.69, 9.17) is 17.3 Å². The van der Waals surface area contributed by atoms with E-state index in [2.05, 4.69) is 0 Å². The molecule has 21 heavy (non-hydrogen) atoms. The van der Waals surface area contributed by atoms with Gasteiger partial charge in [-0.3, -0.25) is 4.79 Å². The van der Waals surface area contributed by atoms with Gasteiger partial charge in [-0.15, -0.1) is 0 Å². The Kier molecular flexibility index (Phi) is 4.48. The summed E-state index contributed by atoms with van der Waals surface area (Å²) in [4.78, 5) is 13.8. The molecule has 0 radical (unpaired) electrons. The molecule has 5 heteroatoms. The van der Waals surface area contributed by atoms with Gasteiger partial charge in [0.1, 0.15) is 5.82 Å². The third-order valence-electron chi connectivity index (χ3n) is 3.24. The number of nitrogen functional groups attached to an aromatic ring is 1. The van der Waals surface area contributed by atoms with Crippen molar-refractivity contribution in [3.63, 3.8) is 0 Å². The van der Waals surface area contributed by atoms with Crippen molar-refractivity contribution in [2.45, 2.75) is 13.5 Å². The zero-order valence-electron chi connectivity index (χ0n) is 11.9. The lowest BCUT2D eigenvalue weighted by Gasteiger charge is -2.19. The summed E-state index contributed by atoms with van der Waals surface area (Å²) in [5, 5.41) is 0.298. The number of benzene rings is 2. The van der Waals surface area contributed by atoms with Gasteiger partial charge in [0.05, 0.1) is 5.56 Å². The third kappa shape index (κ3) is 3.34. The van der Waals surface area contributed by atoms with Crippen molar-refractivity contribution in [1.82, 2.24) is 4.90 Å². The molecule has 0 fully saturated rings. The monoisotopic (exact) mass is 306 g/mol. The van der Waals surface area contributed by atoms with Gasteiger partial charge in [0.2, 0.25) is 0 Å². The minimum Gasteiger partial charge on any atom is -0.398 e. The smallest absolute Gasteiger partial charge is 0.255 e. The van der Waals surface area contributed by atoms with Gasteiger partial charge in [0.25, 0.3) is 5.91 Å². The molecular formula is C16H16ClFN2O. The Labute approximate surface area is 128 Å². The first-order chi connectivity index (χ1) is 9.90. The Balaban J connectivity index is 2.26. The van der Waals surface area contributed by atoms with Gasteiger partial charge in [-0.2, -0.15) is 0 Å². The molecule has 2 rings (SSSR count). The summed E-state index contributed by atoms with van der Waals surface area (Å²) in [7, 11) is 1.59. The molecule has 2 aromatic rings. The van der Waals surface area contributed by atoms with E-state index >= 15 is 0 Å². The van der Waals surface area contributed by atoms with Gasteiger partial charge >= 0.3 is 0 Å². The lowest BCUT2D eigenvalue weighted by molar-refractivity contribution is 0.0785. The molecule has 0 saturated heterocycles. The van der Waals surface area contributed by atoms with Crippen molar-refractivity contribution in [3.05, 3.63) is 63.9 Å². The second-order valence-corrected chi connectivity index (χ2v) is 5.36. The highest BCUT2D eigenvalue weighted by Gasteiger charge is 2.17. The van der Waals surface area contributed by atoms with Crippen LogP contribution >= 0.6 is 11.6 Å². The van der Waals surface area contributed by atoms with E-state index in [1.807, 2.05) is 13.0 Å². The normalized spacial score (nSPS) is 10.5. The topological polar surface area (TPSA) is 46.3 Å². The number of halogens is 2. The summed E-state index contributed by atoms with van der Waals surface area (Å²) in [6.45, 7) is 1.96.